The van der Waals surface area contributed by atoms with E-state index in [-0.39, 0.29) is 0 Å². The summed E-state index contributed by atoms with van der Waals surface area (Å²) in [4.78, 5) is 0. The highest BCUT2D eigenvalue weighted by Gasteiger charge is 1.92. The van der Waals surface area contributed by atoms with Crippen LogP contribution in [0.25, 0.3) is 0 Å². The Hall–Kier alpha value is -0.440. The van der Waals surface area contributed by atoms with Gasteiger partial charge in [0.25, 0.3) is 0 Å². The minimum Gasteiger partial charge on any atom is -0.103 e. The maximum absolute atomic E-state index is 3.31. The quantitative estimate of drug-likeness (QED) is 0.324. The van der Waals surface area contributed by atoms with Crippen molar-refractivity contribution >= 4 is 0 Å². The lowest BCUT2D eigenvalue weighted by Gasteiger charge is -2.00. The Labute approximate surface area is 110 Å². The molecule has 0 fully saturated rings. The summed E-state index contributed by atoms with van der Waals surface area (Å²) in [6, 6.07) is 0. The SMILES string of the molecule is CCCCCCCCC#CCCCCC(C)C. The molecule has 0 aromatic heterocycles. The Kier molecular flexibility index (Phi) is 13.3. The molecular formula is C17H32. The molecule has 0 rings (SSSR count). The molecule has 17 heavy (non-hydrogen) atoms. The van der Waals surface area contributed by atoms with Crippen LogP contribution in [0.3, 0.4) is 0 Å². The zero-order valence-corrected chi connectivity index (χ0v) is 12.4. The van der Waals surface area contributed by atoms with Gasteiger partial charge in [0.05, 0.1) is 0 Å². The van der Waals surface area contributed by atoms with Crippen LogP contribution < -0.4 is 0 Å². The average Bonchev–Trinajstić information content (AvgIpc) is 2.30. The standard InChI is InChI=1S/C17H32/c1-4-5-6-7-8-9-10-11-12-13-14-15-16-17(2)3/h17H,4-10,13-16H2,1-3H3. The van der Waals surface area contributed by atoms with Crippen LogP contribution in [0.2, 0.25) is 0 Å². The molecule has 0 unspecified atom stereocenters. The van der Waals surface area contributed by atoms with Gasteiger partial charge in [-0.1, -0.05) is 65.7 Å². The van der Waals surface area contributed by atoms with E-state index in [2.05, 4.69) is 32.6 Å². The van der Waals surface area contributed by atoms with Crippen molar-refractivity contribution in [3.63, 3.8) is 0 Å². The van der Waals surface area contributed by atoms with E-state index in [1.54, 1.807) is 0 Å². The highest BCUT2D eigenvalue weighted by Crippen LogP contribution is 2.08. The molecule has 0 aromatic carbocycles. The van der Waals surface area contributed by atoms with Gasteiger partial charge in [-0.2, -0.15) is 0 Å². The van der Waals surface area contributed by atoms with Gasteiger partial charge in [-0.15, -0.1) is 11.8 Å². The maximum Gasteiger partial charge on any atom is 0.00886 e. The van der Waals surface area contributed by atoms with Crippen molar-refractivity contribution in [3.8, 4) is 11.8 Å². The molecule has 0 radical (unpaired) electrons. The third kappa shape index (κ3) is 15.6. The Morgan fingerprint density at radius 3 is 1.82 bits per heavy atom. The molecule has 0 heterocycles. The minimum absolute atomic E-state index is 0.853. The Morgan fingerprint density at radius 2 is 1.24 bits per heavy atom. The van der Waals surface area contributed by atoms with Gasteiger partial charge in [0.15, 0.2) is 0 Å². The molecule has 0 aliphatic heterocycles. The van der Waals surface area contributed by atoms with Gasteiger partial charge in [0.1, 0.15) is 0 Å². The first kappa shape index (κ1) is 16.6. The highest BCUT2D eigenvalue weighted by molar-refractivity contribution is 4.98. The van der Waals surface area contributed by atoms with Crippen molar-refractivity contribution in [2.75, 3.05) is 0 Å². The van der Waals surface area contributed by atoms with Crippen molar-refractivity contribution in [1.29, 1.82) is 0 Å². The van der Waals surface area contributed by atoms with Gasteiger partial charge in [0, 0.05) is 12.8 Å². The predicted molar refractivity (Wildman–Crippen MR) is 79.1 cm³/mol. The topological polar surface area (TPSA) is 0 Å². The summed E-state index contributed by atoms with van der Waals surface area (Å²) in [5.74, 6) is 7.48. The second kappa shape index (κ2) is 13.6. The van der Waals surface area contributed by atoms with Crippen LogP contribution in [0.15, 0.2) is 0 Å². The molecule has 0 spiro atoms. The first-order valence-electron chi connectivity index (χ1n) is 7.73. The summed E-state index contributed by atoms with van der Waals surface area (Å²) < 4.78 is 0. The summed E-state index contributed by atoms with van der Waals surface area (Å²) in [5.41, 5.74) is 0. The highest BCUT2D eigenvalue weighted by atomic mass is 14.0. The molecule has 0 aromatic rings. The van der Waals surface area contributed by atoms with Crippen LogP contribution in [-0.4, -0.2) is 0 Å². The maximum atomic E-state index is 3.31. The van der Waals surface area contributed by atoms with E-state index in [0.29, 0.717) is 0 Å². The monoisotopic (exact) mass is 236 g/mol. The zero-order chi connectivity index (χ0) is 12.8. The molecule has 0 amide bonds. The van der Waals surface area contributed by atoms with Crippen molar-refractivity contribution in [1.82, 2.24) is 0 Å². The molecule has 0 heteroatoms. The number of hydrogen-bond acceptors (Lipinski definition) is 0. The normalized spacial score (nSPS) is 10.4. The molecule has 0 atom stereocenters. The lowest BCUT2D eigenvalue weighted by Crippen LogP contribution is -1.85. The second-order valence-electron chi connectivity index (χ2n) is 5.51. The molecule has 100 valence electrons. The van der Waals surface area contributed by atoms with E-state index in [1.165, 1.54) is 57.8 Å². The molecule has 0 saturated heterocycles. The Balaban J connectivity index is 3.10. The predicted octanol–water partition coefficient (Wildman–Crippen LogP) is 5.96. The van der Waals surface area contributed by atoms with Gasteiger partial charge in [0.2, 0.25) is 0 Å². The smallest absolute Gasteiger partial charge is 0.00886 e. The molecule has 0 aliphatic rings. The molecule has 0 aliphatic carbocycles. The Morgan fingerprint density at radius 1 is 0.706 bits per heavy atom. The first-order chi connectivity index (χ1) is 8.27. The van der Waals surface area contributed by atoms with E-state index in [0.717, 1.165) is 18.8 Å². The third-order valence-electron chi connectivity index (χ3n) is 3.11. The van der Waals surface area contributed by atoms with Crippen molar-refractivity contribution in [2.24, 2.45) is 5.92 Å². The van der Waals surface area contributed by atoms with Crippen LogP contribution >= 0.6 is 0 Å². The van der Waals surface area contributed by atoms with E-state index >= 15 is 0 Å². The fraction of sp³-hybridized carbons (Fsp3) is 0.882. The minimum atomic E-state index is 0.853. The summed E-state index contributed by atoms with van der Waals surface area (Å²) in [6.45, 7) is 6.86. The van der Waals surface area contributed by atoms with E-state index in [1.807, 2.05) is 0 Å². The molecule has 0 N–H and O–H groups in total. The van der Waals surface area contributed by atoms with Crippen LogP contribution in [0.5, 0.6) is 0 Å². The number of unbranched alkanes of at least 4 members (excludes halogenated alkanes) is 8. The third-order valence-corrected chi connectivity index (χ3v) is 3.11. The van der Waals surface area contributed by atoms with Crippen LogP contribution in [0, 0.1) is 17.8 Å². The molecule has 0 saturated carbocycles. The van der Waals surface area contributed by atoms with Gasteiger partial charge >= 0.3 is 0 Å². The lowest BCUT2D eigenvalue weighted by atomic mass is 10.1. The largest absolute Gasteiger partial charge is 0.103 e. The second-order valence-corrected chi connectivity index (χ2v) is 5.51. The fourth-order valence-electron chi connectivity index (χ4n) is 1.94. The lowest BCUT2D eigenvalue weighted by molar-refractivity contribution is 0.542. The summed E-state index contributed by atoms with van der Waals surface area (Å²) in [5, 5.41) is 0. The molecule has 0 nitrogen and oxygen atoms in total. The van der Waals surface area contributed by atoms with Crippen molar-refractivity contribution in [3.05, 3.63) is 0 Å². The first-order valence-corrected chi connectivity index (χ1v) is 7.73. The van der Waals surface area contributed by atoms with Crippen LogP contribution in [0.1, 0.15) is 91.4 Å². The summed E-state index contributed by atoms with van der Waals surface area (Å²) in [6.07, 6.45) is 14.5. The fourth-order valence-corrected chi connectivity index (χ4v) is 1.94. The van der Waals surface area contributed by atoms with Crippen molar-refractivity contribution < 1.29 is 0 Å². The van der Waals surface area contributed by atoms with Crippen molar-refractivity contribution in [2.45, 2.75) is 91.4 Å². The van der Waals surface area contributed by atoms with Crippen LogP contribution in [-0.2, 0) is 0 Å². The van der Waals surface area contributed by atoms with E-state index < -0.39 is 0 Å². The van der Waals surface area contributed by atoms with Gasteiger partial charge in [-0.25, -0.2) is 0 Å². The van der Waals surface area contributed by atoms with E-state index in [9.17, 15) is 0 Å². The van der Waals surface area contributed by atoms with Gasteiger partial charge in [-0.3, -0.25) is 0 Å². The van der Waals surface area contributed by atoms with Gasteiger partial charge in [-0.05, 0) is 18.8 Å². The summed E-state index contributed by atoms with van der Waals surface area (Å²) >= 11 is 0. The zero-order valence-electron chi connectivity index (χ0n) is 12.4. The number of rotatable bonds is 10. The van der Waals surface area contributed by atoms with Gasteiger partial charge < -0.3 is 0 Å². The van der Waals surface area contributed by atoms with E-state index in [4.69, 9.17) is 0 Å². The molecule has 0 bridgehead atoms. The molecular weight excluding hydrogens is 204 g/mol. The number of hydrogen-bond donors (Lipinski definition) is 0. The Bertz CT molecular complexity index is 192. The average molecular weight is 236 g/mol. The summed E-state index contributed by atoms with van der Waals surface area (Å²) in [7, 11) is 0. The van der Waals surface area contributed by atoms with Crippen LogP contribution in [0.4, 0.5) is 0 Å².